The van der Waals surface area contributed by atoms with E-state index in [-0.39, 0.29) is 0 Å². The quantitative estimate of drug-likeness (QED) is 0.685. The number of aromatic nitrogens is 2. The molecule has 0 fully saturated rings. The molecule has 0 radical (unpaired) electrons. The van der Waals surface area contributed by atoms with Crippen molar-refractivity contribution in [3.05, 3.63) is 53.5 Å². The fourth-order valence-electron chi connectivity index (χ4n) is 3.00. The Labute approximate surface area is 147 Å². The van der Waals surface area contributed by atoms with E-state index in [1.54, 1.807) is 21.3 Å². The van der Waals surface area contributed by atoms with Gasteiger partial charge in [-0.1, -0.05) is 18.2 Å². The summed E-state index contributed by atoms with van der Waals surface area (Å²) < 4.78 is 16.2. The summed E-state index contributed by atoms with van der Waals surface area (Å²) in [5, 5.41) is 1.10. The van der Waals surface area contributed by atoms with Crippen LogP contribution in [-0.4, -0.2) is 31.3 Å². The average Bonchev–Trinajstić information content (AvgIpc) is 2.64. The first kappa shape index (κ1) is 17.0. The number of hydrogen-bond acceptors (Lipinski definition) is 5. The molecular formula is C20H22N2O3. The molecular weight excluding hydrogens is 316 g/mol. The minimum atomic E-state index is 0.608. The molecule has 0 aliphatic heterocycles. The zero-order valence-corrected chi connectivity index (χ0v) is 15.0. The van der Waals surface area contributed by atoms with Gasteiger partial charge in [-0.25, -0.2) is 9.97 Å². The summed E-state index contributed by atoms with van der Waals surface area (Å²) >= 11 is 0. The average molecular weight is 338 g/mol. The second-order valence-corrected chi connectivity index (χ2v) is 5.77. The molecule has 0 amide bonds. The summed E-state index contributed by atoms with van der Waals surface area (Å²) in [6.07, 6.45) is 1.62. The molecule has 0 spiro atoms. The number of fused-ring (bicyclic) bond motifs is 1. The second-order valence-electron chi connectivity index (χ2n) is 5.77. The summed E-state index contributed by atoms with van der Waals surface area (Å²) in [7, 11) is 4.86. The summed E-state index contributed by atoms with van der Waals surface area (Å²) in [4.78, 5) is 9.14. The monoisotopic (exact) mass is 338 g/mol. The van der Waals surface area contributed by atoms with Gasteiger partial charge in [0.05, 0.1) is 32.5 Å². The third-order valence-electron chi connectivity index (χ3n) is 4.17. The first-order valence-corrected chi connectivity index (χ1v) is 8.17. The number of hydrogen-bond donors (Lipinski definition) is 0. The minimum absolute atomic E-state index is 0.608. The lowest BCUT2D eigenvalue weighted by Crippen LogP contribution is -2.01. The predicted octanol–water partition coefficient (Wildman–Crippen LogP) is 3.75. The van der Waals surface area contributed by atoms with E-state index < -0.39 is 0 Å². The molecule has 0 bridgehead atoms. The lowest BCUT2D eigenvalue weighted by Gasteiger charge is -2.14. The van der Waals surface area contributed by atoms with Crippen LogP contribution in [0.25, 0.3) is 10.9 Å². The molecule has 0 aliphatic rings. The smallest absolute Gasteiger partial charge is 0.203 e. The van der Waals surface area contributed by atoms with Crippen molar-refractivity contribution in [2.75, 3.05) is 21.3 Å². The molecule has 0 aliphatic carbocycles. The topological polar surface area (TPSA) is 53.5 Å². The van der Waals surface area contributed by atoms with Gasteiger partial charge < -0.3 is 14.2 Å². The van der Waals surface area contributed by atoms with Crippen LogP contribution in [0, 0.1) is 6.92 Å². The Morgan fingerprint density at radius 3 is 2.16 bits per heavy atom. The van der Waals surface area contributed by atoms with Crippen molar-refractivity contribution < 1.29 is 14.2 Å². The van der Waals surface area contributed by atoms with Gasteiger partial charge in [-0.05, 0) is 43.5 Å². The lowest BCUT2D eigenvalue weighted by molar-refractivity contribution is 0.324. The first-order valence-electron chi connectivity index (χ1n) is 8.17. The molecule has 0 saturated carbocycles. The number of ether oxygens (including phenoxy) is 3. The zero-order valence-electron chi connectivity index (χ0n) is 15.0. The highest BCUT2D eigenvalue weighted by Gasteiger charge is 2.14. The Hall–Kier alpha value is -2.82. The van der Waals surface area contributed by atoms with Gasteiger partial charge in [-0.2, -0.15) is 0 Å². The third kappa shape index (κ3) is 3.50. The molecule has 1 heterocycles. The SMILES string of the molecule is COc1cc(CCc2nc(C)nc3ccccc23)cc(OC)c1OC. The standard InChI is InChI=1S/C20H22N2O3/c1-13-21-16-8-6-5-7-15(16)17(22-13)10-9-14-11-18(23-2)20(25-4)19(12-14)24-3/h5-8,11-12H,9-10H2,1-4H3. The van der Waals surface area contributed by atoms with Crippen LogP contribution in [0.2, 0.25) is 0 Å². The van der Waals surface area contributed by atoms with Crippen molar-refractivity contribution in [3.63, 3.8) is 0 Å². The fourth-order valence-corrected chi connectivity index (χ4v) is 3.00. The summed E-state index contributed by atoms with van der Waals surface area (Å²) in [5.41, 5.74) is 3.14. The molecule has 0 saturated heterocycles. The Morgan fingerprint density at radius 1 is 0.840 bits per heavy atom. The molecule has 130 valence electrons. The lowest BCUT2D eigenvalue weighted by atomic mass is 10.0. The molecule has 25 heavy (non-hydrogen) atoms. The summed E-state index contributed by atoms with van der Waals surface area (Å²) in [5.74, 6) is 2.73. The van der Waals surface area contributed by atoms with Crippen LogP contribution in [-0.2, 0) is 12.8 Å². The highest BCUT2D eigenvalue weighted by molar-refractivity contribution is 5.80. The normalized spacial score (nSPS) is 10.7. The minimum Gasteiger partial charge on any atom is -0.493 e. The number of rotatable bonds is 6. The van der Waals surface area contributed by atoms with Crippen molar-refractivity contribution in [3.8, 4) is 17.2 Å². The molecule has 0 N–H and O–H groups in total. The van der Waals surface area contributed by atoms with Gasteiger partial charge in [0, 0.05) is 5.39 Å². The van der Waals surface area contributed by atoms with Crippen molar-refractivity contribution in [2.45, 2.75) is 19.8 Å². The maximum absolute atomic E-state index is 5.43. The van der Waals surface area contributed by atoms with E-state index in [4.69, 9.17) is 14.2 Å². The highest BCUT2D eigenvalue weighted by Crippen LogP contribution is 2.38. The molecule has 3 aromatic rings. The Bertz CT molecular complexity index is 868. The van der Waals surface area contributed by atoms with Gasteiger partial charge in [0.2, 0.25) is 5.75 Å². The zero-order chi connectivity index (χ0) is 17.8. The highest BCUT2D eigenvalue weighted by atomic mass is 16.5. The number of nitrogens with zero attached hydrogens (tertiary/aromatic N) is 2. The first-order chi connectivity index (χ1) is 12.2. The molecule has 5 heteroatoms. The van der Waals surface area contributed by atoms with E-state index in [2.05, 4.69) is 16.0 Å². The van der Waals surface area contributed by atoms with Crippen LogP contribution >= 0.6 is 0 Å². The second kappa shape index (κ2) is 7.38. The van der Waals surface area contributed by atoms with Gasteiger partial charge >= 0.3 is 0 Å². The number of aryl methyl sites for hydroxylation is 3. The molecule has 5 nitrogen and oxygen atoms in total. The van der Waals surface area contributed by atoms with E-state index in [9.17, 15) is 0 Å². The number of para-hydroxylation sites is 1. The third-order valence-corrected chi connectivity index (χ3v) is 4.17. The molecule has 2 aromatic carbocycles. The van der Waals surface area contributed by atoms with E-state index in [0.717, 1.165) is 40.8 Å². The summed E-state index contributed by atoms with van der Waals surface area (Å²) in [6.45, 7) is 1.93. The van der Waals surface area contributed by atoms with Gasteiger partial charge in [0.1, 0.15) is 5.82 Å². The fraction of sp³-hybridized carbons (Fsp3) is 0.300. The van der Waals surface area contributed by atoms with E-state index in [1.807, 2.05) is 37.3 Å². The van der Waals surface area contributed by atoms with Gasteiger partial charge in [0.25, 0.3) is 0 Å². The van der Waals surface area contributed by atoms with E-state index in [0.29, 0.717) is 17.2 Å². The Morgan fingerprint density at radius 2 is 1.52 bits per heavy atom. The molecule has 1 aromatic heterocycles. The summed E-state index contributed by atoms with van der Waals surface area (Å²) in [6, 6.07) is 12.1. The van der Waals surface area contributed by atoms with Crippen LogP contribution in [0.3, 0.4) is 0 Å². The van der Waals surface area contributed by atoms with E-state index in [1.165, 1.54) is 0 Å². The Balaban J connectivity index is 1.92. The van der Waals surface area contributed by atoms with Crippen LogP contribution in [0.15, 0.2) is 36.4 Å². The molecule has 0 unspecified atom stereocenters. The number of methoxy groups -OCH3 is 3. The maximum atomic E-state index is 5.43. The molecule has 0 atom stereocenters. The van der Waals surface area contributed by atoms with Crippen LogP contribution < -0.4 is 14.2 Å². The van der Waals surface area contributed by atoms with Crippen molar-refractivity contribution >= 4 is 10.9 Å². The van der Waals surface area contributed by atoms with Crippen LogP contribution in [0.5, 0.6) is 17.2 Å². The van der Waals surface area contributed by atoms with Crippen molar-refractivity contribution in [1.29, 1.82) is 0 Å². The maximum Gasteiger partial charge on any atom is 0.203 e. The van der Waals surface area contributed by atoms with Gasteiger partial charge in [0.15, 0.2) is 11.5 Å². The predicted molar refractivity (Wildman–Crippen MR) is 97.8 cm³/mol. The van der Waals surface area contributed by atoms with Gasteiger partial charge in [-0.15, -0.1) is 0 Å². The largest absolute Gasteiger partial charge is 0.493 e. The Kier molecular flexibility index (Phi) is 5.03. The van der Waals surface area contributed by atoms with E-state index >= 15 is 0 Å². The van der Waals surface area contributed by atoms with Crippen molar-refractivity contribution in [2.24, 2.45) is 0 Å². The van der Waals surface area contributed by atoms with Gasteiger partial charge in [-0.3, -0.25) is 0 Å². The van der Waals surface area contributed by atoms with Crippen LogP contribution in [0.4, 0.5) is 0 Å². The molecule has 3 rings (SSSR count). The number of benzene rings is 2. The van der Waals surface area contributed by atoms with Crippen molar-refractivity contribution in [1.82, 2.24) is 9.97 Å². The van der Waals surface area contributed by atoms with Crippen LogP contribution in [0.1, 0.15) is 17.1 Å².